The Morgan fingerprint density at radius 3 is 2.69 bits per heavy atom. The van der Waals surface area contributed by atoms with E-state index in [0.29, 0.717) is 18.0 Å². The van der Waals surface area contributed by atoms with Crippen molar-refractivity contribution in [2.24, 2.45) is 5.92 Å². The lowest BCUT2D eigenvalue weighted by Crippen LogP contribution is -2.32. The lowest BCUT2D eigenvalue weighted by atomic mass is 10.1. The molecule has 0 saturated carbocycles. The van der Waals surface area contributed by atoms with Crippen molar-refractivity contribution in [1.82, 2.24) is 10.5 Å². The number of aromatic nitrogens is 1. The van der Waals surface area contributed by atoms with Crippen molar-refractivity contribution in [3.63, 3.8) is 0 Å². The number of ether oxygens (including phenoxy) is 1. The molecule has 0 bridgehead atoms. The molecular weight excluding hydrogens is 370 g/mol. The molecule has 7 nitrogen and oxygen atoms in total. The van der Waals surface area contributed by atoms with Gasteiger partial charge in [-0.25, -0.2) is 0 Å². The van der Waals surface area contributed by atoms with Crippen LogP contribution in [0.4, 0.5) is 5.69 Å². The number of benzene rings is 2. The maximum Gasteiger partial charge on any atom is 0.227 e. The Morgan fingerprint density at radius 1 is 1.21 bits per heavy atom. The lowest BCUT2D eigenvalue weighted by Gasteiger charge is -2.17. The summed E-state index contributed by atoms with van der Waals surface area (Å²) in [7, 11) is 1.59. The molecule has 148 valence electrons. The Hall–Kier alpha value is -3.61. The molecule has 1 aliphatic rings. The summed E-state index contributed by atoms with van der Waals surface area (Å²) < 4.78 is 10.5. The quantitative estimate of drug-likeness (QED) is 0.698. The van der Waals surface area contributed by atoms with Crippen molar-refractivity contribution in [3.8, 4) is 17.1 Å². The van der Waals surface area contributed by atoms with Gasteiger partial charge >= 0.3 is 0 Å². The van der Waals surface area contributed by atoms with Gasteiger partial charge in [0.05, 0.1) is 19.6 Å². The van der Waals surface area contributed by atoms with Gasteiger partial charge in [0.25, 0.3) is 0 Å². The fourth-order valence-electron chi connectivity index (χ4n) is 3.35. The van der Waals surface area contributed by atoms with E-state index in [1.807, 2.05) is 42.5 Å². The molecule has 3 aromatic rings. The summed E-state index contributed by atoms with van der Waals surface area (Å²) in [5.41, 5.74) is 2.32. The van der Waals surface area contributed by atoms with Gasteiger partial charge in [-0.2, -0.15) is 0 Å². The topological polar surface area (TPSA) is 84.7 Å². The van der Waals surface area contributed by atoms with Gasteiger partial charge in [-0.1, -0.05) is 35.5 Å². The van der Waals surface area contributed by atoms with E-state index in [1.165, 1.54) is 0 Å². The molecule has 2 aromatic carbocycles. The molecule has 2 amide bonds. The van der Waals surface area contributed by atoms with E-state index < -0.39 is 5.92 Å². The molecule has 29 heavy (non-hydrogen) atoms. The third-order valence-electron chi connectivity index (χ3n) is 4.94. The smallest absolute Gasteiger partial charge is 0.227 e. The van der Waals surface area contributed by atoms with Crippen molar-refractivity contribution >= 4 is 17.5 Å². The molecule has 4 rings (SSSR count). The summed E-state index contributed by atoms with van der Waals surface area (Å²) in [5.74, 6) is 0.737. The fraction of sp³-hybridized carbons (Fsp3) is 0.227. The number of amides is 2. The summed E-state index contributed by atoms with van der Waals surface area (Å²) >= 11 is 0. The van der Waals surface area contributed by atoms with Crippen molar-refractivity contribution < 1.29 is 18.8 Å². The summed E-state index contributed by atoms with van der Waals surface area (Å²) in [6, 6.07) is 18.7. The average Bonchev–Trinajstić information content (AvgIpc) is 3.40. The number of hydrogen-bond donors (Lipinski definition) is 1. The van der Waals surface area contributed by atoms with E-state index in [-0.39, 0.29) is 24.8 Å². The van der Waals surface area contributed by atoms with Crippen LogP contribution in [0.1, 0.15) is 12.1 Å². The van der Waals surface area contributed by atoms with Crippen molar-refractivity contribution in [1.29, 1.82) is 0 Å². The minimum Gasteiger partial charge on any atom is -0.497 e. The Kier molecular flexibility index (Phi) is 5.29. The number of rotatable bonds is 6. The molecule has 1 fully saturated rings. The minimum atomic E-state index is -0.398. The van der Waals surface area contributed by atoms with Crippen molar-refractivity contribution in [3.05, 3.63) is 66.4 Å². The molecule has 1 saturated heterocycles. The van der Waals surface area contributed by atoms with Crippen LogP contribution in [0, 0.1) is 5.92 Å². The molecule has 7 heteroatoms. The van der Waals surface area contributed by atoms with E-state index in [0.717, 1.165) is 17.0 Å². The Bertz CT molecular complexity index is 998. The molecular formula is C22H21N3O4. The highest BCUT2D eigenvalue weighted by Crippen LogP contribution is 2.27. The Labute approximate surface area is 168 Å². The highest BCUT2D eigenvalue weighted by Gasteiger charge is 2.35. The van der Waals surface area contributed by atoms with Gasteiger partial charge in [0.2, 0.25) is 11.8 Å². The van der Waals surface area contributed by atoms with Gasteiger partial charge in [0, 0.05) is 30.3 Å². The predicted octanol–water partition coefficient (Wildman–Crippen LogP) is 3.02. The second kappa shape index (κ2) is 8.18. The van der Waals surface area contributed by atoms with Gasteiger partial charge < -0.3 is 19.5 Å². The van der Waals surface area contributed by atoms with E-state index >= 15 is 0 Å². The van der Waals surface area contributed by atoms with Crippen LogP contribution < -0.4 is 15.0 Å². The number of anilines is 1. The number of hydrogen-bond acceptors (Lipinski definition) is 5. The third-order valence-corrected chi connectivity index (χ3v) is 4.94. The third kappa shape index (κ3) is 4.13. The van der Waals surface area contributed by atoms with E-state index in [2.05, 4.69) is 10.5 Å². The van der Waals surface area contributed by atoms with Crippen LogP contribution in [0.3, 0.4) is 0 Å². The Morgan fingerprint density at radius 2 is 1.97 bits per heavy atom. The highest BCUT2D eigenvalue weighted by atomic mass is 16.5. The standard InChI is InChI=1S/C22H21N3O4/c1-28-19-9-7-18(8-10-19)25-14-16(11-21(25)26)22(27)23-13-17-12-20(29-24-17)15-5-3-2-4-6-15/h2-10,12,16H,11,13-14H2,1H3,(H,23,27)/t16-/m1/s1. The highest BCUT2D eigenvalue weighted by molar-refractivity contribution is 6.00. The van der Waals surface area contributed by atoms with E-state index in [1.54, 1.807) is 30.2 Å². The number of nitrogens with one attached hydrogen (secondary N) is 1. The van der Waals surface area contributed by atoms with Crippen LogP contribution in [0.2, 0.25) is 0 Å². The second-order valence-electron chi connectivity index (χ2n) is 6.87. The fourth-order valence-corrected chi connectivity index (χ4v) is 3.35. The number of methoxy groups -OCH3 is 1. The minimum absolute atomic E-state index is 0.0666. The zero-order chi connectivity index (χ0) is 20.2. The largest absolute Gasteiger partial charge is 0.497 e. The van der Waals surface area contributed by atoms with Crippen LogP contribution in [-0.4, -0.2) is 30.6 Å². The molecule has 2 heterocycles. The van der Waals surface area contributed by atoms with Gasteiger partial charge in [-0.3, -0.25) is 9.59 Å². The number of carbonyl (C=O) groups is 2. The summed E-state index contributed by atoms with van der Waals surface area (Å²) in [4.78, 5) is 26.5. The zero-order valence-electron chi connectivity index (χ0n) is 16.0. The molecule has 1 atom stereocenters. The molecule has 1 aliphatic heterocycles. The average molecular weight is 391 g/mol. The lowest BCUT2D eigenvalue weighted by molar-refractivity contribution is -0.126. The summed E-state index contributed by atoms with van der Waals surface area (Å²) in [5, 5.41) is 6.86. The molecule has 0 unspecified atom stereocenters. The van der Waals surface area contributed by atoms with E-state index in [4.69, 9.17) is 9.26 Å². The molecule has 0 aliphatic carbocycles. The van der Waals surface area contributed by atoms with Crippen LogP contribution in [-0.2, 0) is 16.1 Å². The summed E-state index contributed by atoms with van der Waals surface area (Å²) in [6.07, 6.45) is 0.186. The van der Waals surface area contributed by atoms with Gasteiger partial charge in [0.15, 0.2) is 5.76 Å². The van der Waals surface area contributed by atoms with E-state index in [9.17, 15) is 9.59 Å². The molecule has 1 N–H and O–H groups in total. The second-order valence-corrected chi connectivity index (χ2v) is 6.87. The number of carbonyl (C=O) groups excluding carboxylic acids is 2. The first-order valence-corrected chi connectivity index (χ1v) is 9.37. The van der Waals surface area contributed by atoms with Crippen molar-refractivity contribution in [2.75, 3.05) is 18.6 Å². The maximum atomic E-state index is 12.5. The van der Waals surface area contributed by atoms with Gasteiger partial charge in [-0.05, 0) is 24.3 Å². The van der Waals surface area contributed by atoms with Crippen LogP contribution in [0.25, 0.3) is 11.3 Å². The normalized spacial score (nSPS) is 16.1. The molecule has 1 aromatic heterocycles. The SMILES string of the molecule is COc1ccc(N2C[C@H](C(=O)NCc3cc(-c4ccccc4)on3)CC2=O)cc1. The first-order chi connectivity index (χ1) is 14.1. The van der Waals surface area contributed by atoms with Crippen molar-refractivity contribution in [2.45, 2.75) is 13.0 Å². The predicted molar refractivity (Wildman–Crippen MR) is 107 cm³/mol. The monoisotopic (exact) mass is 391 g/mol. The Balaban J connectivity index is 1.34. The number of nitrogens with zero attached hydrogens (tertiary/aromatic N) is 2. The summed E-state index contributed by atoms with van der Waals surface area (Å²) in [6.45, 7) is 0.605. The molecule has 0 spiro atoms. The first-order valence-electron chi connectivity index (χ1n) is 9.37. The van der Waals surface area contributed by atoms with Crippen LogP contribution in [0.5, 0.6) is 5.75 Å². The molecule has 0 radical (unpaired) electrons. The zero-order valence-corrected chi connectivity index (χ0v) is 16.0. The van der Waals surface area contributed by atoms with Gasteiger partial charge in [0.1, 0.15) is 11.4 Å². The van der Waals surface area contributed by atoms with Crippen LogP contribution in [0.15, 0.2) is 65.2 Å². The van der Waals surface area contributed by atoms with Crippen LogP contribution >= 0.6 is 0 Å². The van der Waals surface area contributed by atoms with Gasteiger partial charge in [-0.15, -0.1) is 0 Å². The first kappa shape index (κ1) is 18.7. The maximum absolute atomic E-state index is 12.5.